The Morgan fingerprint density at radius 1 is 1.32 bits per heavy atom. The predicted octanol–water partition coefficient (Wildman–Crippen LogP) is 1.70. The lowest BCUT2D eigenvalue weighted by Crippen LogP contribution is -2.38. The molecule has 1 aromatic heterocycles. The summed E-state index contributed by atoms with van der Waals surface area (Å²) in [6.45, 7) is 3.40. The Labute approximate surface area is 113 Å². The monoisotopic (exact) mass is 257 g/mol. The van der Waals surface area contributed by atoms with Crippen molar-refractivity contribution >= 4 is 5.69 Å². The number of β-amino-alcohol motifs (C(OH)–C–C–N with tert-alkyl or cyclic N) is 1. The topological polar surface area (TPSA) is 41.3 Å². The number of para-hydroxylation sites is 1. The normalized spacial score (nSPS) is 19.5. The number of fused-ring (bicyclic) bond motifs is 1. The molecule has 1 N–H and O–H groups in total. The van der Waals surface area contributed by atoms with E-state index in [2.05, 4.69) is 41.2 Å². The van der Waals surface area contributed by atoms with Crippen LogP contribution in [0.25, 0.3) is 0 Å². The highest BCUT2D eigenvalue weighted by atomic mass is 16.3. The summed E-state index contributed by atoms with van der Waals surface area (Å²) in [4.78, 5) is 2.30. The van der Waals surface area contributed by atoms with Crippen LogP contribution in [0.1, 0.15) is 12.5 Å². The molecule has 0 saturated heterocycles. The average Bonchev–Trinajstić information content (AvgIpc) is 2.99. The van der Waals surface area contributed by atoms with Crippen molar-refractivity contribution in [3.63, 3.8) is 0 Å². The van der Waals surface area contributed by atoms with E-state index in [1.165, 1.54) is 11.3 Å². The molecule has 2 aromatic rings. The minimum atomic E-state index is -0.409. The Morgan fingerprint density at radius 2 is 2.16 bits per heavy atom. The van der Waals surface area contributed by atoms with E-state index in [9.17, 15) is 5.11 Å². The lowest BCUT2D eigenvalue weighted by atomic mass is 10.1. The molecule has 4 nitrogen and oxygen atoms in total. The second kappa shape index (κ2) is 5.05. The summed E-state index contributed by atoms with van der Waals surface area (Å²) in [7, 11) is 0. The number of rotatable bonds is 4. The Balaban J connectivity index is 1.69. The van der Waals surface area contributed by atoms with Crippen LogP contribution < -0.4 is 4.90 Å². The number of benzene rings is 1. The Morgan fingerprint density at radius 3 is 2.95 bits per heavy atom. The van der Waals surface area contributed by atoms with Gasteiger partial charge in [0.2, 0.25) is 0 Å². The van der Waals surface area contributed by atoms with Crippen LogP contribution in [0.3, 0.4) is 0 Å². The van der Waals surface area contributed by atoms with E-state index in [1.807, 2.05) is 12.3 Å². The van der Waals surface area contributed by atoms with E-state index in [0.717, 1.165) is 6.42 Å². The van der Waals surface area contributed by atoms with E-state index in [4.69, 9.17) is 0 Å². The highest BCUT2D eigenvalue weighted by molar-refractivity contribution is 5.59. The maximum absolute atomic E-state index is 10.2. The minimum Gasteiger partial charge on any atom is -0.389 e. The number of aromatic nitrogens is 2. The van der Waals surface area contributed by atoms with Crippen LogP contribution in [0.2, 0.25) is 0 Å². The lowest BCUT2D eigenvalue weighted by molar-refractivity contribution is 0.153. The first-order chi connectivity index (χ1) is 9.24. The highest BCUT2D eigenvalue weighted by Crippen LogP contribution is 2.31. The summed E-state index contributed by atoms with van der Waals surface area (Å²) in [5.74, 6) is 0. The summed E-state index contributed by atoms with van der Waals surface area (Å²) in [5, 5.41) is 14.4. The van der Waals surface area contributed by atoms with Gasteiger partial charge in [0.15, 0.2) is 0 Å². The van der Waals surface area contributed by atoms with Crippen molar-refractivity contribution in [2.75, 3.05) is 11.4 Å². The van der Waals surface area contributed by atoms with Crippen LogP contribution in [0, 0.1) is 0 Å². The third-order valence-corrected chi connectivity index (χ3v) is 3.71. The maximum atomic E-state index is 10.2. The molecule has 2 atom stereocenters. The van der Waals surface area contributed by atoms with E-state index in [-0.39, 0.29) is 0 Å². The molecule has 1 aliphatic heterocycles. The molecule has 1 aliphatic rings. The largest absolute Gasteiger partial charge is 0.389 e. The van der Waals surface area contributed by atoms with E-state index in [1.54, 1.807) is 10.9 Å². The fourth-order valence-corrected chi connectivity index (χ4v) is 2.82. The molecule has 0 spiro atoms. The Bertz CT molecular complexity index is 538. The van der Waals surface area contributed by atoms with Gasteiger partial charge in [0.1, 0.15) is 0 Å². The molecule has 19 heavy (non-hydrogen) atoms. The quantitative estimate of drug-likeness (QED) is 0.906. The number of hydrogen-bond acceptors (Lipinski definition) is 3. The first-order valence-electron chi connectivity index (χ1n) is 6.74. The zero-order valence-corrected chi connectivity index (χ0v) is 11.1. The average molecular weight is 257 g/mol. The molecule has 0 unspecified atom stereocenters. The molecule has 100 valence electrons. The van der Waals surface area contributed by atoms with Gasteiger partial charge in [0, 0.05) is 30.7 Å². The summed E-state index contributed by atoms with van der Waals surface area (Å²) in [5.41, 5.74) is 2.64. The van der Waals surface area contributed by atoms with Crippen molar-refractivity contribution in [2.24, 2.45) is 0 Å². The molecule has 3 rings (SSSR count). The minimum absolute atomic E-state index is 0.409. The van der Waals surface area contributed by atoms with Crippen molar-refractivity contribution in [1.82, 2.24) is 9.78 Å². The van der Waals surface area contributed by atoms with Crippen molar-refractivity contribution in [3.8, 4) is 0 Å². The predicted molar refractivity (Wildman–Crippen MR) is 75.2 cm³/mol. The molecule has 0 saturated carbocycles. The molecule has 4 heteroatoms. The number of aliphatic hydroxyl groups is 1. The van der Waals surface area contributed by atoms with Gasteiger partial charge < -0.3 is 10.0 Å². The molecule has 0 amide bonds. The fraction of sp³-hybridized carbons (Fsp3) is 0.400. The van der Waals surface area contributed by atoms with Gasteiger partial charge in [-0.2, -0.15) is 5.10 Å². The molecule has 0 fully saturated rings. The second-order valence-electron chi connectivity index (χ2n) is 5.22. The van der Waals surface area contributed by atoms with Gasteiger partial charge >= 0.3 is 0 Å². The van der Waals surface area contributed by atoms with Crippen molar-refractivity contribution < 1.29 is 5.11 Å². The number of nitrogens with zero attached hydrogens (tertiary/aromatic N) is 3. The van der Waals surface area contributed by atoms with Crippen LogP contribution in [-0.4, -0.2) is 33.6 Å². The van der Waals surface area contributed by atoms with Crippen LogP contribution in [0.15, 0.2) is 42.7 Å². The third-order valence-electron chi connectivity index (χ3n) is 3.71. The Kier molecular flexibility index (Phi) is 3.25. The standard InChI is InChI=1S/C15H19N3O/c1-12-9-13-5-2-3-6-15(13)18(12)11-14(19)10-17-8-4-7-16-17/h2-8,12,14,19H,9-11H2,1H3/t12-,14+/m0/s1. The fourth-order valence-electron chi connectivity index (χ4n) is 2.82. The number of aliphatic hydroxyl groups excluding tert-OH is 1. The summed E-state index contributed by atoms with van der Waals surface area (Å²) in [6, 6.07) is 10.8. The molecule has 0 radical (unpaired) electrons. The molecular weight excluding hydrogens is 238 g/mol. The molecular formula is C15H19N3O. The van der Waals surface area contributed by atoms with E-state index in [0.29, 0.717) is 19.1 Å². The summed E-state index contributed by atoms with van der Waals surface area (Å²) in [6.07, 6.45) is 4.27. The van der Waals surface area contributed by atoms with Crippen LogP contribution in [-0.2, 0) is 13.0 Å². The SMILES string of the molecule is C[C@H]1Cc2ccccc2N1C[C@H](O)Cn1cccn1. The summed E-state index contributed by atoms with van der Waals surface area (Å²) < 4.78 is 1.78. The van der Waals surface area contributed by atoms with Gasteiger partial charge in [0.05, 0.1) is 12.6 Å². The van der Waals surface area contributed by atoms with Crippen LogP contribution in [0.4, 0.5) is 5.69 Å². The van der Waals surface area contributed by atoms with Crippen LogP contribution >= 0.6 is 0 Å². The maximum Gasteiger partial charge on any atom is 0.0910 e. The summed E-state index contributed by atoms with van der Waals surface area (Å²) >= 11 is 0. The van der Waals surface area contributed by atoms with Crippen molar-refractivity contribution in [1.29, 1.82) is 0 Å². The van der Waals surface area contributed by atoms with E-state index < -0.39 is 6.10 Å². The van der Waals surface area contributed by atoms with Crippen LogP contribution in [0.5, 0.6) is 0 Å². The lowest BCUT2D eigenvalue weighted by Gasteiger charge is -2.27. The van der Waals surface area contributed by atoms with Gasteiger partial charge in [-0.25, -0.2) is 0 Å². The van der Waals surface area contributed by atoms with Gasteiger partial charge in [0.25, 0.3) is 0 Å². The van der Waals surface area contributed by atoms with Crippen molar-refractivity contribution in [2.45, 2.75) is 32.0 Å². The van der Waals surface area contributed by atoms with E-state index >= 15 is 0 Å². The molecule has 2 heterocycles. The molecule has 1 aromatic carbocycles. The van der Waals surface area contributed by atoms with Gasteiger partial charge in [-0.3, -0.25) is 4.68 Å². The third kappa shape index (κ3) is 2.49. The van der Waals surface area contributed by atoms with Gasteiger partial charge in [-0.15, -0.1) is 0 Å². The molecule has 0 bridgehead atoms. The second-order valence-corrected chi connectivity index (χ2v) is 5.22. The highest BCUT2D eigenvalue weighted by Gasteiger charge is 2.27. The zero-order chi connectivity index (χ0) is 13.2. The van der Waals surface area contributed by atoms with Gasteiger partial charge in [-0.1, -0.05) is 18.2 Å². The van der Waals surface area contributed by atoms with Crippen molar-refractivity contribution in [3.05, 3.63) is 48.3 Å². The molecule has 0 aliphatic carbocycles. The first-order valence-corrected chi connectivity index (χ1v) is 6.74. The smallest absolute Gasteiger partial charge is 0.0910 e. The number of hydrogen-bond donors (Lipinski definition) is 1. The first kappa shape index (κ1) is 12.2. The van der Waals surface area contributed by atoms with Gasteiger partial charge in [-0.05, 0) is 31.0 Å². The zero-order valence-electron chi connectivity index (χ0n) is 11.1. The Hall–Kier alpha value is -1.81. The number of anilines is 1.